The lowest BCUT2D eigenvalue weighted by atomic mass is 9.96. The van der Waals surface area contributed by atoms with E-state index in [1.807, 2.05) is 60.7 Å². The fourth-order valence-electron chi connectivity index (χ4n) is 3.34. The number of ether oxygens (including phenoxy) is 1. The van der Waals surface area contributed by atoms with Gasteiger partial charge in [-0.1, -0.05) is 48.5 Å². The van der Waals surface area contributed by atoms with Crippen LogP contribution in [-0.2, 0) is 16.0 Å². The maximum Gasteiger partial charge on any atom is 0.222 e. The Morgan fingerprint density at radius 1 is 1.00 bits per heavy atom. The topological polar surface area (TPSA) is 72.6 Å². The molecule has 0 aromatic heterocycles. The highest BCUT2D eigenvalue weighted by molar-refractivity contribution is 5.81. The molecular formula is C21H24N2O3. The van der Waals surface area contributed by atoms with Gasteiger partial charge < -0.3 is 15.4 Å². The van der Waals surface area contributed by atoms with Crippen molar-refractivity contribution in [1.29, 1.82) is 0 Å². The van der Waals surface area contributed by atoms with E-state index in [4.69, 9.17) is 10.5 Å². The number of nitrogens with zero attached hydrogens (tertiary/aromatic N) is 1. The van der Waals surface area contributed by atoms with E-state index in [9.17, 15) is 9.59 Å². The van der Waals surface area contributed by atoms with Crippen LogP contribution in [0.5, 0.6) is 5.75 Å². The summed E-state index contributed by atoms with van der Waals surface area (Å²) >= 11 is 0. The highest BCUT2D eigenvalue weighted by Gasteiger charge is 2.38. The number of nitrogens with two attached hydrogens (primary N) is 1. The van der Waals surface area contributed by atoms with Gasteiger partial charge in [0.1, 0.15) is 5.75 Å². The van der Waals surface area contributed by atoms with Gasteiger partial charge in [-0.3, -0.25) is 9.59 Å². The average molecular weight is 352 g/mol. The van der Waals surface area contributed by atoms with Gasteiger partial charge in [-0.05, 0) is 24.1 Å². The number of benzene rings is 2. The zero-order valence-corrected chi connectivity index (χ0v) is 14.7. The minimum Gasteiger partial charge on any atom is -0.493 e. The molecule has 0 spiro atoms. The number of hydrogen-bond acceptors (Lipinski definition) is 3. The van der Waals surface area contributed by atoms with E-state index in [0.29, 0.717) is 32.5 Å². The van der Waals surface area contributed by atoms with Crippen LogP contribution in [0, 0.1) is 11.8 Å². The molecule has 2 N–H and O–H groups in total. The van der Waals surface area contributed by atoms with Gasteiger partial charge in [0.15, 0.2) is 0 Å². The number of carbonyl (C=O) groups excluding carboxylic acids is 2. The third kappa shape index (κ3) is 4.63. The van der Waals surface area contributed by atoms with Crippen molar-refractivity contribution in [2.45, 2.75) is 12.8 Å². The molecule has 1 aliphatic rings. The van der Waals surface area contributed by atoms with Crippen LogP contribution in [0.3, 0.4) is 0 Å². The van der Waals surface area contributed by atoms with Crippen molar-refractivity contribution in [2.75, 3.05) is 19.7 Å². The number of amides is 2. The third-order valence-corrected chi connectivity index (χ3v) is 4.84. The summed E-state index contributed by atoms with van der Waals surface area (Å²) in [6.45, 7) is 1.26. The third-order valence-electron chi connectivity index (χ3n) is 4.84. The van der Waals surface area contributed by atoms with Gasteiger partial charge in [0, 0.05) is 25.4 Å². The highest BCUT2D eigenvalue weighted by Crippen LogP contribution is 2.25. The summed E-state index contributed by atoms with van der Waals surface area (Å²) in [5.74, 6) is 0.00433. The van der Waals surface area contributed by atoms with Gasteiger partial charge in [-0.15, -0.1) is 0 Å². The summed E-state index contributed by atoms with van der Waals surface area (Å²) < 4.78 is 5.78. The number of hydrogen-bond donors (Lipinski definition) is 1. The van der Waals surface area contributed by atoms with Crippen molar-refractivity contribution in [1.82, 2.24) is 4.90 Å². The number of primary amides is 1. The largest absolute Gasteiger partial charge is 0.493 e. The van der Waals surface area contributed by atoms with Crippen LogP contribution < -0.4 is 10.5 Å². The van der Waals surface area contributed by atoms with Gasteiger partial charge in [0.05, 0.1) is 12.5 Å². The predicted octanol–water partition coefficient (Wildman–Crippen LogP) is 2.26. The van der Waals surface area contributed by atoms with E-state index in [1.54, 1.807) is 4.90 Å². The molecule has 0 aliphatic carbocycles. The summed E-state index contributed by atoms with van der Waals surface area (Å²) in [4.78, 5) is 26.1. The summed E-state index contributed by atoms with van der Waals surface area (Å²) in [5.41, 5.74) is 6.69. The van der Waals surface area contributed by atoms with Crippen molar-refractivity contribution >= 4 is 11.8 Å². The van der Waals surface area contributed by atoms with E-state index in [0.717, 1.165) is 11.3 Å². The molecule has 3 rings (SSSR count). The predicted molar refractivity (Wildman–Crippen MR) is 99.5 cm³/mol. The second kappa shape index (κ2) is 8.52. The summed E-state index contributed by atoms with van der Waals surface area (Å²) in [7, 11) is 0. The first-order valence-corrected chi connectivity index (χ1v) is 8.92. The SMILES string of the molecule is NC(=O)[C@@H]1CN(C(=O)CCc2ccccc2)C[C@H]1COc1ccccc1. The number of para-hydroxylation sites is 1. The van der Waals surface area contributed by atoms with Gasteiger partial charge >= 0.3 is 0 Å². The van der Waals surface area contributed by atoms with Crippen LogP contribution in [0.4, 0.5) is 0 Å². The molecule has 2 aromatic rings. The molecule has 1 saturated heterocycles. The van der Waals surface area contributed by atoms with Crippen molar-refractivity contribution in [3.05, 3.63) is 66.2 Å². The van der Waals surface area contributed by atoms with Gasteiger partial charge in [-0.25, -0.2) is 0 Å². The first-order chi connectivity index (χ1) is 12.6. The monoisotopic (exact) mass is 352 g/mol. The van der Waals surface area contributed by atoms with E-state index < -0.39 is 0 Å². The zero-order chi connectivity index (χ0) is 18.4. The quantitative estimate of drug-likeness (QED) is 0.831. The lowest BCUT2D eigenvalue weighted by Crippen LogP contribution is -2.32. The van der Waals surface area contributed by atoms with Crippen LogP contribution >= 0.6 is 0 Å². The smallest absolute Gasteiger partial charge is 0.222 e. The number of aryl methyl sites for hydroxylation is 1. The van der Waals surface area contributed by atoms with Crippen molar-refractivity contribution < 1.29 is 14.3 Å². The Kier molecular flexibility index (Phi) is 5.89. The molecule has 0 unspecified atom stereocenters. The number of likely N-dealkylation sites (tertiary alicyclic amines) is 1. The number of carbonyl (C=O) groups is 2. The molecule has 1 heterocycles. The molecule has 5 nitrogen and oxygen atoms in total. The lowest BCUT2D eigenvalue weighted by molar-refractivity contribution is -0.130. The Hall–Kier alpha value is -2.82. The molecule has 2 aromatic carbocycles. The fraction of sp³-hybridized carbons (Fsp3) is 0.333. The van der Waals surface area contributed by atoms with Gasteiger partial charge in [0.25, 0.3) is 0 Å². The molecular weight excluding hydrogens is 328 g/mol. The Bertz CT molecular complexity index is 733. The first-order valence-electron chi connectivity index (χ1n) is 8.92. The maximum atomic E-state index is 12.5. The van der Waals surface area contributed by atoms with E-state index in [2.05, 4.69) is 0 Å². The van der Waals surface area contributed by atoms with Crippen molar-refractivity contribution in [3.63, 3.8) is 0 Å². The molecule has 2 atom stereocenters. The Morgan fingerprint density at radius 3 is 2.31 bits per heavy atom. The van der Waals surface area contributed by atoms with Gasteiger partial charge in [-0.2, -0.15) is 0 Å². The van der Waals surface area contributed by atoms with Crippen LogP contribution in [0.15, 0.2) is 60.7 Å². The molecule has 136 valence electrons. The van der Waals surface area contributed by atoms with Crippen LogP contribution in [0.2, 0.25) is 0 Å². The average Bonchev–Trinajstić information content (AvgIpc) is 3.11. The van der Waals surface area contributed by atoms with Crippen molar-refractivity contribution in [2.24, 2.45) is 17.6 Å². The molecule has 0 saturated carbocycles. The zero-order valence-electron chi connectivity index (χ0n) is 14.7. The molecule has 2 amide bonds. The molecule has 1 fully saturated rings. The van der Waals surface area contributed by atoms with Crippen LogP contribution in [0.1, 0.15) is 12.0 Å². The van der Waals surface area contributed by atoms with E-state index in [1.165, 1.54) is 0 Å². The second-order valence-electron chi connectivity index (χ2n) is 6.68. The van der Waals surface area contributed by atoms with E-state index in [-0.39, 0.29) is 23.7 Å². The second-order valence-corrected chi connectivity index (χ2v) is 6.68. The van der Waals surface area contributed by atoms with Crippen molar-refractivity contribution in [3.8, 4) is 5.75 Å². The summed E-state index contributed by atoms with van der Waals surface area (Å²) in [5, 5.41) is 0. The fourth-order valence-corrected chi connectivity index (χ4v) is 3.34. The normalized spacial score (nSPS) is 19.3. The highest BCUT2D eigenvalue weighted by atomic mass is 16.5. The molecule has 0 bridgehead atoms. The Morgan fingerprint density at radius 2 is 1.65 bits per heavy atom. The summed E-state index contributed by atoms with van der Waals surface area (Å²) in [6.07, 6.45) is 1.13. The summed E-state index contributed by atoms with van der Waals surface area (Å²) in [6, 6.07) is 19.4. The van der Waals surface area contributed by atoms with Crippen LogP contribution in [-0.4, -0.2) is 36.4 Å². The first kappa shape index (κ1) is 18.0. The van der Waals surface area contributed by atoms with E-state index >= 15 is 0 Å². The molecule has 5 heteroatoms. The number of rotatable bonds is 7. The molecule has 0 radical (unpaired) electrons. The maximum absolute atomic E-state index is 12.5. The standard InChI is InChI=1S/C21H24N2O3/c22-21(25)19-14-23(20(24)12-11-16-7-3-1-4-8-16)13-17(19)15-26-18-9-5-2-6-10-18/h1-10,17,19H,11-15H2,(H2,22,25)/t17-,19+/m0/s1. The minimum absolute atomic E-state index is 0.0577. The Labute approximate surface area is 153 Å². The molecule has 1 aliphatic heterocycles. The van der Waals surface area contributed by atoms with Crippen LogP contribution in [0.25, 0.3) is 0 Å². The van der Waals surface area contributed by atoms with Gasteiger partial charge in [0.2, 0.25) is 11.8 Å². The Balaban J connectivity index is 1.55. The minimum atomic E-state index is -0.370. The molecule has 26 heavy (non-hydrogen) atoms. The lowest BCUT2D eigenvalue weighted by Gasteiger charge is -2.17.